The van der Waals surface area contributed by atoms with Crippen LogP contribution in [0.3, 0.4) is 0 Å². The van der Waals surface area contributed by atoms with Crippen molar-refractivity contribution in [2.45, 2.75) is 33.1 Å². The Balaban J connectivity index is 1.41. The lowest BCUT2D eigenvalue weighted by Gasteiger charge is -2.31. The van der Waals surface area contributed by atoms with Gasteiger partial charge in [0, 0.05) is 42.3 Å². The number of aromatic nitrogens is 4. The first-order valence-corrected chi connectivity index (χ1v) is 10.4. The Bertz CT molecular complexity index is 1120. The van der Waals surface area contributed by atoms with Crippen molar-refractivity contribution >= 4 is 23.3 Å². The SMILES string of the molecule is Cc1cc(C)n2nc(CC(=O)Nc3cccc(C(=O)N4CCC(CO)CC4)c3)nc2n1. The smallest absolute Gasteiger partial charge is 0.253 e. The van der Waals surface area contributed by atoms with E-state index in [1.54, 1.807) is 33.7 Å². The van der Waals surface area contributed by atoms with Crippen LogP contribution in [0.25, 0.3) is 5.78 Å². The van der Waals surface area contributed by atoms with Crippen LogP contribution in [-0.2, 0) is 11.2 Å². The standard InChI is InChI=1S/C22H26N6O3/c1-14-10-15(2)28-22(23-14)25-19(26-28)12-20(30)24-18-5-3-4-17(11-18)21(31)27-8-6-16(13-29)7-9-27/h3-5,10-11,16,29H,6-9,12-13H2,1-2H3,(H,24,30). The number of nitrogens with zero attached hydrogens (tertiary/aromatic N) is 5. The van der Waals surface area contributed by atoms with Crippen LogP contribution in [0.5, 0.6) is 0 Å². The highest BCUT2D eigenvalue weighted by Crippen LogP contribution is 2.20. The first kappa shape index (κ1) is 20.9. The molecule has 1 fully saturated rings. The summed E-state index contributed by atoms with van der Waals surface area (Å²) in [4.78, 5) is 35.8. The Kier molecular flexibility index (Phi) is 5.94. The number of benzene rings is 1. The van der Waals surface area contributed by atoms with E-state index in [2.05, 4.69) is 20.4 Å². The number of aliphatic hydroxyl groups is 1. The number of amides is 2. The van der Waals surface area contributed by atoms with Gasteiger partial charge in [0.05, 0.1) is 6.42 Å². The zero-order valence-electron chi connectivity index (χ0n) is 17.7. The van der Waals surface area contributed by atoms with Crippen LogP contribution in [0.15, 0.2) is 30.3 Å². The molecule has 0 aliphatic carbocycles. The molecule has 4 rings (SSSR count). The number of aliphatic hydroxyl groups excluding tert-OH is 1. The van der Waals surface area contributed by atoms with Crippen molar-refractivity contribution in [1.82, 2.24) is 24.5 Å². The summed E-state index contributed by atoms with van der Waals surface area (Å²) in [6.45, 7) is 5.23. The van der Waals surface area contributed by atoms with E-state index in [1.807, 2.05) is 19.9 Å². The van der Waals surface area contributed by atoms with Crippen molar-refractivity contribution in [1.29, 1.82) is 0 Å². The number of fused-ring (bicyclic) bond motifs is 1. The van der Waals surface area contributed by atoms with Crippen LogP contribution in [0.1, 0.15) is 40.4 Å². The van der Waals surface area contributed by atoms with Crippen molar-refractivity contribution in [2.75, 3.05) is 25.0 Å². The highest BCUT2D eigenvalue weighted by atomic mass is 16.3. The fourth-order valence-corrected chi connectivity index (χ4v) is 3.86. The topological polar surface area (TPSA) is 113 Å². The van der Waals surface area contributed by atoms with Gasteiger partial charge in [-0.15, -0.1) is 5.10 Å². The van der Waals surface area contributed by atoms with Gasteiger partial charge >= 0.3 is 0 Å². The molecule has 2 aromatic heterocycles. The minimum absolute atomic E-state index is 0.00863. The average Bonchev–Trinajstić information content (AvgIpc) is 3.15. The normalized spacial score (nSPS) is 14.7. The van der Waals surface area contributed by atoms with Crippen LogP contribution in [0.4, 0.5) is 5.69 Å². The van der Waals surface area contributed by atoms with E-state index in [0.29, 0.717) is 35.9 Å². The molecule has 0 bridgehead atoms. The van der Waals surface area contributed by atoms with Crippen LogP contribution in [0, 0.1) is 19.8 Å². The summed E-state index contributed by atoms with van der Waals surface area (Å²) in [5.74, 6) is 0.798. The third-order valence-corrected chi connectivity index (χ3v) is 5.53. The molecule has 0 radical (unpaired) electrons. The summed E-state index contributed by atoms with van der Waals surface area (Å²) in [6.07, 6.45) is 1.62. The number of hydrogen-bond acceptors (Lipinski definition) is 6. The van der Waals surface area contributed by atoms with E-state index in [9.17, 15) is 14.7 Å². The first-order chi connectivity index (χ1) is 14.9. The Morgan fingerprint density at radius 1 is 1.16 bits per heavy atom. The molecule has 0 atom stereocenters. The molecular formula is C22H26N6O3. The minimum atomic E-state index is -0.265. The second kappa shape index (κ2) is 8.81. The molecule has 1 aromatic carbocycles. The van der Waals surface area contributed by atoms with Crippen LogP contribution in [0.2, 0.25) is 0 Å². The molecule has 1 saturated heterocycles. The molecule has 2 amide bonds. The van der Waals surface area contributed by atoms with Crippen LogP contribution >= 0.6 is 0 Å². The van der Waals surface area contributed by atoms with Gasteiger partial charge < -0.3 is 15.3 Å². The van der Waals surface area contributed by atoms with Gasteiger partial charge in [-0.05, 0) is 56.9 Å². The third-order valence-electron chi connectivity index (χ3n) is 5.53. The number of carbonyl (C=O) groups excluding carboxylic acids is 2. The summed E-state index contributed by atoms with van der Waals surface area (Å²) in [6, 6.07) is 8.84. The largest absolute Gasteiger partial charge is 0.396 e. The van der Waals surface area contributed by atoms with Gasteiger partial charge in [0.15, 0.2) is 5.82 Å². The number of piperidine rings is 1. The number of anilines is 1. The molecule has 0 saturated carbocycles. The van der Waals surface area contributed by atoms with Crippen molar-refractivity contribution < 1.29 is 14.7 Å². The van der Waals surface area contributed by atoms with Gasteiger partial charge in [0.25, 0.3) is 11.7 Å². The Morgan fingerprint density at radius 3 is 2.68 bits per heavy atom. The third kappa shape index (κ3) is 4.72. The van der Waals surface area contributed by atoms with Crippen molar-refractivity contribution in [3.63, 3.8) is 0 Å². The van der Waals surface area contributed by atoms with Crippen LogP contribution in [-0.4, -0.2) is 61.1 Å². The summed E-state index contributed by atoms with van der Waals surface area (Å²) >= 11 is 0. The summed E-state index contributed by atoms with van der Waals surface area (Å²) in [7, 11) is 0. The monoisotopic (exact) mass is 422 g/mol. The predicted octanol–water partition coefficient (Wildman–Crippen LogP) is 1.77. The average molecular weight is 422 g/mol. The lowest BCUT2D eigenvalue weighted by Crippen LogP contribution is -2.39. The number of carbonyl (C=O) groups is 2. The van der Waals surface area contributed by atoms with E-state index in [-0.39, 0.29) is 30.8 Å². The molecule has 3 heterocycles. The molecule has 9 nitrogen and oxygen atoms in total. The predicted molar refractivity (Wildman–Crippen MR) is 115 cm³/mol. The Morgan fingerprint density at radius 2 is 1.94 bits per heavy atom. The molecule has 1 aliphatic rings. The maximum Gasteiger partial charge on any atom is 0.253 e. The molecular weight excluding hydrogens is 396 g/mol. The number of nitrogens with one attached hydrogen (secondary N) is 1. The summed E-state index contributed by atoms with van der Waals surface area (Å²) < 4.78 is 1.62. The molecule has 0 spiro atoms. The minimum Gasteiger partial charge on any atom is -0.396 e. The summed E-state index contributed by atoms with van der Waals surface area (Å²) in [5, 5.41) is 16.4. The zero-order chi connectivity index (χ0) is 22.0. The lowest BCUT2D eigenvalue weighted by molar-refractivity contribution is -0.115. The Labute approximate surface area is 180 Å². The van der Waals surface area contributed by atoms with E-state index in [4.69, 9.17) is 0 Å². The second-order valence-electron chi connectivity index (χ2n) is 8.00. The van der Waals surface area contributed by atoms with Crippen molar-refractivity contribution in [3.05, 3.63) is 53.1 Å². The van der Waals surface area contributed by atoms with Crippen molar-refractivity contribution in [2.24, 2.45) is 5.92 Å². The highest BCUT2D eigenvalue weighted by Gasteiger charge is 2.23. The van der Waals surface area contributed by atoms with Gasteiger partial charge in [0.1, 0.15) is 0 Å². The first-order valence-electron chi connectivity index (χ1n) is 10.4. The quantitative estimate of drug-likeness (QED) is 0.648. The number of hydrogen-bond donors (Lipinski definition) is 2. The zero-order valence-corrected chi connectivity index (χ0v) is 17.7. The maximum atomic E-state index is 12.8. The van der Waals surface area contributed by atoms with E-state index >= 15 is 0 Å². The van der Waals surface area contributed by atoms with Gasteiger partial charge in [-0.25, -0.2) is 9.50 Å². The van der Waals surface area contributed by atoms with Gasteiger partial charge in [-0.3, -0.25) is 9.59 Å². The molecule has 2 N–H and O–H groups in total. The second-order valence-corrected chi connectivity index (χ2v) is 8.00. The number of likely N-dealkylation sites (tertiary alicyclic amines) is 1. The number of rotatable bonds is 5. The maximum absolute atomic E-state index is 12.8. The molecule has 0 unspecified atom stereocenters. The Hall–Kier alpha value is -3.33. The van der Waals surface area contributed by atoms with E-state index < -0.39 is 0 Å². The summed E-state index contributed by atoms with van der Waals surface area (Å²) in [5.41, 5.74) is 2.82. The highest BCUT2D eigenvalue weighted by molar-refractivity contribution is 5.97. The van der Waals surface area contributed by atoms with Gasteiger partial charge in [0.2, 0.25) is 5.91 Å². The van der Waals surface area contributed by atoms with Gasteiger partial charge in [-0.2, -0.15) is 4.98 Å². The molecule has 9 heteroatoms. The molecule has 1 aliphatic heterocycles. The number of aryl methyl sites for hydroxylation is 2. The van der Waals surface area contributed by atoms with Gasteiger partial charge in [-0.1, -0.05) is 6.07 Å². The fourth-order valence-electron chi connectivity index (χ4n) is 3.86. The van der Waals surface area contributed by atoms with E-state index in [1.165, 1.54) is 0 Å². The molecule has 31 heavy (non-hydrogen) atoms. The van der Waals surface area contributed by atoms with E-state index in [0.717, 1.165) is 24.2 Å². The van der Waals surface area contributed by atoms with Crippen molar-refractivity contribution in [3.8, 4) is 0 Å². The lowest BCUT2D eigenvalue weighted by atomic mass is 9.97. The molecule has 162 valence electrons. The fraction of sp³-hybridized carbons (Fsp3) is 0.409. The molecule has 3 aromatic rings. The van der Waals surface area contributed by atoms with Crippen LogP contribution < -0.4 is 5.32 Å².